The SMILES string of the molecule is CN=C(NCCC(=O)Nc1ccc(C)cc1Cl)NCC1(c2ccccc2)CC1. The summed E-state index contributed by atoms with van der Waals surface area (Å²) in [5.74, 6) is 0.625. The van der Waals surface area contributed by atoms with Crippen molar-refractivity contribution in [2.75, 3.05) is 25.5 Å². The van der Waals surface area contributed by atoms with Crippen LogP contribution in [-0.4, -0.2) is 32.0 Å². The first-order chi connectivity index (χ1) is 13.5. The molecule has 3 rings (SSSR count). The minimum Gasteiger partial charge on any atom is -0.356 e. The van der Waals surface area contributed by atoms with Crippen molar-refractivity contribution in [2.24, 2.45) is 4.99 Å². The van der Waals surface area contributed by atoms with Gasteiger partial charge in [0.1, 0.15) is 0 Å². The van der Waals surface area contributed by atoms with Gasteiger partial charge in [-0.3, -0.25) is 9.79 Å². The lowest BCUT2D eigenvalue weighted by Gasteiger charge is -2.19. The second-order valence-corrected chi connectivity index (χ2v) is 7.69. The maximum absolute atomic E-state index is 12.2. The van der Waals surface area contributed by atoms with Gasteiger partial charge in [-0.2, -0.15) is 0 Å². The van der Waals surface area contributed by atoms with Crippen molar-refractivity contribution < 1.29 is 4.79 Å². The van der Waals surface area contributed by atoms with Crippen LogP contribution in [-0.2, 0) is 10.2 Å². The number of benzene rings is 2. The van der Waals surface area contributed by atoms with E-state index in [4.69, 9.17) is 11.6 Å². The second-order valence-electron chi connectivity index (χ2n) is 7.28. The largest absolute Gasteiger partial charge is 0.356 e. The van der Waals surface area contributed by atoms with Crippen LogP contribution in [0.5, 0.6) is 0 Å². The van der Waals surface area contributed by atoms with Crippen molar-refractivity contribution in [3.05, 3.63) is 64.7 Å². The maximum Gasteiger partial charge on any atom is 0.226 e. The summed E-state index contributed by atoms with van der Waals surface area (Å²) in [6.45, 7) is 3.29. The van der Waals surface area contributed by atoms with Crippen LogP contribution in [0.3, 0.4) is 0 Å². The highest BCUT2D eigenvalue weighted by Crippen LogP contribution is 2.47. The number of rotatable bonds is 7. The summed E-state index contributed by atoms with van der Waals surface area (Å²) < 4.78 is 0. The van der Waals surface area contributed by atoms with E-state index in [1.165, 1.54) is 18.4 Å². The minimum absolute atomic E-state index is 0.0864. The molecule has 0 bridgehead atoms. The van der Waals surface area contributed by atoms with Crippen molar-refractivity contribution in [3.63, 3.8) is 0 Å². The van der Waals surface area contributed by atoms with E-state index in [0.29, 0.717) is 29.6 Å². The molecule has 148 valence electrons. The van der Waals surface area contributed by atoms with E-state index < -0.39 is 0 Å². The Labute approximate surface area is 171 Å². The van der Waals surface area contributed by atoms with Crippen molar-refractivity contribution in [3.8, 4) is 0 Å². The lowest BCUT2D eigenvalue weighted by Crippen LogP contribution is -2.42. The molecule has 0 spiro atoms. The van der Waals surface area contributed by atoms with Crippen LogP contribution in [0, 0.1) is 6.92 Å². The van der Waals surface area contributed by atoms with Crippen LogP contribution < -0.4 is 16.0 Å². The van der Waals surface area contributed by atoms with E-state index in [1.54, 1.807) is 7.05 Å². The van der Waals surface area contributed by atoms with Crippen LogP contribution in [0.1, 0.15) is 30.4 Å². The predicted molar refractivity (Wildman–Crippen MR) is 116 cm³/mol. The summed E-state index contributed by atoms with van der Waals surface area (Å²) >= 11 is 6.16. The molecule has 0 unspecified atom stereocenters. The van der Waals surface area contributed by atoms with E-state index in [1.807, 2.05) is 31.2 Å². The Morgan fingerprint density at radius 2 is 1.89 bits per heavy atom. The first kappa shape index (κ1) is 20.2. The monoisotopic (exact) mass is 398 g/mol. The second kappa shape index (κ2) is 9.11. The third kappa shape index (κ3) is 5.26. The Morgan fingerprint density at radius 3 is 2.54 bits per heavy atom. The Kier molecular flexibility index (Phi) is 6.57. The number of hydrogen-bond donors (Lipinski definition) is 3. The molecule has 0 atom stereocenters. The fourth-order valence-electron chi connectivity index (χ4n) is 3.21. The van der Waals surface area contributed by atoms with Gasteiger partial charge in [0.05, 0.1) is 10.7 Å². The highest BCUT2D eigenvalue weighted by Gasteiger charge is 2.43. The Hall–Kier alpha value is -2.53. The number of nitrogens with one attached hydrogen (secondary N) is 3. The smallest absolute Gasteiger partial charge is 0.226 e. The van der Waals surface area contributed by atoms with Gasteiger partial charge in [0.2, 0.25) is 5.91 Å². The Morgan fingerprint density at radius 1 is 1.14 bits per heavy atom. The number of aryl methyl sites for hydroxylation is 1. The Balaban J connectivity index is 1.43. The predicted octanol–water partition coefficient (Wildman–Crippen LogP) is 3.87. The minimum atomic E-state index is -0.0864. The number of guanidine groups is 1. The standard InChI is InChI=1S/C22H27ClN4O/c1-16-8-9-19(18(23)14-16)27-20(28)10-13-25-21(24-2)26-15-22(11-12-22)17-6-4-3-5-7-17/h3-9,14H,10-13,15H2,1-2H3,(H,27,28)(H2,24,25,26). The summed E-state index contributed by atoms with van der Waals surface area (Å²) in [6, 6.07) is 16.2. The normalized spacial score (nSPS) is 15.0. The quantitative estimate of drug-likeness (QED) is 0.490. The summed E-state index contributed by atoms with van der Waals surface area (Å²) in [5, 5.41) is 10.00. The maximum atomic E-state index is 12.2. The summed E-state index contributed by atoms with van der Waals surface area (Å²) in [7, 11) is 1.74. The average molecular weight is 399 g/mol. The van der Waals surface area contributed by atoms with Gasteiger partial charge >= 0.3 is 0 Å². The lowest BCUT2D eigenvalue weighted by molar-refractivity contribution is -0.116. The van der Waals surface area contributed by atoms with Gasteiger partial charge < -0.3 is 16.0 Å². The molecule has 1 saturated carbocycles. The molecule has 5 nitrogen and oxygen atoms in total. The molecule has 1 fully saturated rings. The molecule has 0 aromatic heterocycles. The van der Waals surface area contributed by atoms with Crippen molar-refractivity contribution in [1.29, 1.82) is 0 Å². The number of anilines is 1. The fraction of sp³-hybridized carbons (Fsp3) is 0.364. The average Bonchev–Trinajstić information content (AvgIpc) is 3.48. The molecule has 1 aliphatic carbocycles. The molecule has 2 aromatic rings. The first-order valence-electron chi connectivity index (χ1n) is 9.58. The zero-order valence-electron chi connectivity index (χ0n) is 16.4. The summed E-state index contributed by atoms with van der Waals surface area (Å²) in [5.41, 5.74) is 3.27. The molecular formula is C22H27ClN4O. The number of halogens is 1. The highest BCUT2D eigenvalue weighted by atomic mass is 35.5. The lowest BCUT2D eigenvalue weighted by atomic mass is 9.96. The zero-order valence-corrected chi connectivity index (χ0v) is 17.1. The summed E-state index contributed by atoms with van der Waals surface area (Å²) in [6.07, 6.45) is 2.69. The molecule has 1 aliphatic rings. The van der Waals surface area contributed by atoms with E-state index in [0.717, 1.165) is 12.1 Å². The van der Waals surface area contributed by atoms with Gasteiger partial charge in [-0.15, -0.1) is 0 Å². The molecule has 2 aromatic carbocycles. The summed E-state index contributed by atoms with van der Waals surface area (Å²) in [4.78, 5) is 16.4. The van der Waals surface area contributed by atoms with Gasteiger partial charge in [-0.1, -0.05) is 48.0 Å². The van der Waals surface area contributed by atoms with Crippen molar-refractivity contribution in [2.45, 2.75) is 31.6 Å². The third-order valence-corrected chi connectivity index (χ3v) is 5.41. The molecular weight excluding hydrogens is 372 g/mol. The van der Waals surface area contributed by atoms with Crippen LogP contribution in [0.25, 0.3) is 0 Å². The number of hydrogen-bond acceptors (Lipinski definition) is 2. The number of nitrogens with zero attached hydrogens (tertiary/aromatic N) is 1. The van der Waals surface area contributed by atoms with Gasteiger partial charge in [0.15, 0.2) is 5.96 Å². The van der Waals surface area contributed by atoms with Crippen molar-refractivity contribution >= 4 is 29.2 Å². The Bertz CT molecular complexity index is 847. The molecule has 0 saturated heterocycles. The molecule has 6 heteroatoms. The number of carbonyl (C=O) groups excluding carboxylic acids is 1. The van der Waals surface area contributed by atoms with E-state index >= 15 is 0 Å². The molecule has 1 amide bonds. The molecule has 0 heterocycles. The van der Waals surface area contributed by atoms with Crippen molar-refractivity contribution in [1.82, 2.24) is 10.6 Å². The topological polar surface area (TPSA) is 65.5 Å². The third-order valence-electron chi connectivity index (χ3n) is 5.10. The highest BCUT2D eigenvalue weighted by molar-refractivity contribution is 6.33. The van der Waals surface area contributed by atoms with Crippen LogP contribution >= 0.6 is 11.6 Å². The number of carbonyl (C=O) groups is 1. The van der Waals surface area contributed by atoms with Gasteiger partial charge in [0, 0.05) is 32.0 Å². The fourth-order valence-corrected chi connectivity index (χ4v) is 3.49. The van der Waals surface area contributed by atoms with Crippen LogP contribution in [0.2, 0.25) is 5.02 Å². The van der Waals surface area contributed by atoms with Gasteiger partial charge in [-0.05, 0) is 43.0 Å². The van der Waals surface area contributed by atoms with E-state index in [-0.39, 0.29) is 11.3 Å². The van der Waals surface area contributed by atoms with Gasteiger partial charge in [-0.25, -0.2) is 0 Å². The van der Waals surface area contributed by atoms with E-state index in [9.17, 15) is 4.79 Å². The van der Waals surface area contributed by atoms with Crippen LogP contribution in [0.4, 0.5) is 5.69 Å². The van der Waals surface area contributed by atoms with Gasteiger partial charge in [0.25, 0.3) is 0 Å². The van der Waals surface area contributed by atoms with E-state index in [2.05, 4.69) is 45.2 Å². The van der Waals surface area contributed by atoms with Crippen LogP contribution in [0.15, 0.2) is 53.5 Å². The molecule has 0 radical (unpaired) electrons. The molecule has 3 N–H and O–H groups in total. The first-order valence-corrected chi connectivity index (χ1v) is 9.96. The number of amides is 1. The molecule has 28 heavy (non-hydrogen) atoms. The number of aliphatic imine (C=N–C) groups is 1. The zero-order chi connectivity index (χ0) is 20.0. The molecule has 0 aliphatic heterocycles.